The Morgan fingerprint density at radius 2 is 1.50 bits per heavy atom. The van der Waals surface area contributed by atoms with Crippen LogP contribution in [0.25, 0.3) is 0 Å². The van der Waals surface area contributed by atoms with Crippen LogP contribution in [0.4, 0.5) is 0 Å². The SMILES string of the molecule is [CH2-]CCC.[Cl-].[Cl-].[Hf+4].c1cc[cH-]c1. The number of halogens is 2. The maximum Gasteiger partial charge on any atom is 4.00 e. The third kappa shape index (κ3) is 22.4. The first-order valence-corrected chi connectivity index (χ1v) is 3.37. The monoisotopic (exact) mass is 372 g/mol. The molecule has 0 aliphatic rings. The van der Waals surface area contributed by atoms with Crippen LogP contribution >= 0.6 is 0 Å². The van der Waals surface area contributed by atoms with Crippen molar-refractivity contribution in [2.45, 2.75) is 19.8 Å². The summed E-state index contributed by atoms with van der Waals surface area (Å²) in [5.41, 5.74) is 0. The maximum atomic E-state index is 3.60. The van der Waals surface area contributed by atoms with E-state index in [1.165, 1.54) is 6.42 Å². The normalized spacial score (nSPS) is 5.83. The molecule has 0 aliphatic heterocycles. The Morgan fingerprint density at radius 3 is 1.58 bits per heavy atom. The Kier molecular flexibility index (Phi) is 43.4. The first-order valence-electron chi connectivity index (χ1n) is 3.37. The van der Waals surface area contributed by atoms with Crippen LogP contribution in [0.5, 0.6) is 0 Å². The first-order chi connectivity index (χ1) is 4.41. The first kappa shape index (κ1) is 23.0. The van der Waals surface area contributed by atoms with Crippen molar-refractivity contribution in [2.24, 2.45) is 0 Å². The van der Waals surface area contributed by atoms with Crippen LogP contribution < -0.4 is 24.8 Å². The molecule has 0 unspecified atom stereocenters. The van der Waals surface area contributed by atoms with E-state index in [0.717, 1.165) is 6.42 Å². The molecule has 12 heavy (non-hydrogen) atoms. The zero-order valence-electron chi connectivity index (χ0n) is 7.26. The quantitative estimate of drug-likeness (QED) is 0.365. The largest absolute Gasteiger partial charge is 4.00 e. The number of unbranched alkanes of at least 4 members (excludes halogenated alkanes) is 1. The fourth-order valence-corrected chi connectivity index (χ4v) is 0.321. The van der Waals surface area contributed by atoms with E-state index in [0.29, 0.717) is 0 Å². The predicted molar refractivity (Wildman–Crippen MR) is 42.3 cm³/mol. The summed E-state index contributed by atoms with van der Waals surface area (Å²) in [6.45, 7) is 5.72. The smallest absolute Gasteiger partial charge is 1.00 e. The summed E-state index contributed by atoms with van der Waals surface area (Å²) >= 11 is 0. The molecule has 0 bridgehead atoms. The Morgan fingerprint density at radius 1 is 1.17 bits per heavy atom. The summed E-state index contributed by atoms with van der Waals surface area (Å²) in [5, 5.41) is 0. The molecule has 0 aromatic heterocycles. The van der Waals surface area contributed by atoms with E-state index < -0.39 is 0 Å². The van der Waals surface area contributed by atoms with Gasteiger partial charge in [0.15, 0.2) is 0 Å². The van der Waals surface area contributed by atoms with Gasteiger partial charge in [-0.3, -0.25) is 0 Å². The van der Waals surface area contributed by atoms with Crippen LogP contribution in [0.2, 0.25) is 0 Å². The average molecular weight is 372 g/mol. The minimum atomic E-state index is 0. The van der Waals surface area contributed by atoms with Crippen molar-refractivity contribution >= 4 is 0 Å². The molecule has 0 N–H and O–H groups in total. The summed E-state index contributed by atoms with van der Waals surface area (Å²) in [6, 6.07) is 10.0. The van der Waals surface area contributed by atoms with E-state index in [9.17, 15) is 0 Å². The molecule has 0 heterocycles. The number of rotatable bonds is 1. The van der Waals surface area contributed by atoms with Gasteiger partial charge in [0, 0.05) is 0 Å². The summed E-state index contributed by atoms with van der Waals surface area (Å²) in [5.74, 6) is 0. The van der Waals surface area contributed by atoms with E-state index >= 15 is 0 Å². The summed E-state index contributed by atoms with van der Waals surface area (Å²) in [6.07, 6.45) is 2.28. The molecule has 0 spiro atoms. The molecule has 1 aromatic carbocycles. The van der Waals surface area contributed by atoms with Crippen molar-refractivity contribution in [1.82, 2.24) is 0 Å². The van der Waals surface area contributed by atoms with Crippen LogP contribution in [0, 0.1) is 6.92 Å². The summed E-state index contributed by atoms with van der Waals surface area (Å²) in [7, 11) is 0. The van der Waals surface area contributed by atoms with Gasteiger partial charge >= 0.3 is 25.8 Å². The van der Waals surface area contributed by atoms with Crippen LogP contribution in [0.15, 0.2) is 30.3 Å². The second kappa shape index (κ2) is 22.6. The van der Waals surface area contributed by atoms with Crippen molar-refractivity contribution in [3.8, 4) is 0 Å². The van der Waals surface area contributed by atoms with E-state index in [-0.39, 0.29) is 50.7 Å². The number of hydrogen-bond acceptors (Lipinski definition) is 0. The van der Waals surface area contributed by atoms with E-state index in [4.69, 9.17) is 0 Å². The van der Waals surface area contributed by atoms with Gasteiger partial charge in [0.25, 0.3) is 0 Å². The molecule has 3 heteroatoms. The Labute approximate surface area is 107 Å². The second-order valence-corrected chi connectivity index (χ2v) is 1.82. The molecular weight excluding hydrogens is 357 g/mol. The van der Waals surface area contributed by atoms with Crippen LogP contribution in [-0.2, 0) is 25.8 Å². The van der Waals surface area contributed by atoms with Crippen molar-refractivity contribution in [3.63, 3.8) is 0 Å². The zero-order chi connectivity index (χ0) is 6.95. The van der Waals surface area contributed by atoms with Gasteiger partial charge in [-0.15, -0.1) is 0 Å². The van der Waals surface area contributed by atoms with E-state index in [1.807, 2.05) is 30.3 Å². The minimum Gasteiger partial charge on any atom is -1.00 e. The van der Waals surface area contributed by atoms with Gasteiger partial charge in [0.1, 0.15) is 0 Å². The standard InChI is InChI=1S/C5H5.C4H9.2ClH.Hf/c1-2-4-5-3-1;1-3-4-2;;;/h1-5H;1,3-4H2,2H3;2*1H;/q2*-1;;;+4/p-2. The third-order valence-electron chi connectivity index (χ3n) is 0.909. The Bertz CT molecular complexity index is 88.1. The molecule has 0 fully saturated rings. The summed E-state index contributed by atoms with van der Waals surface area (Å²) in [4.78, 5) is 0. The maximum absolute atomic E-state index is 3.60. The van der Waals surface area contributed by atoms with Crippen LogP contribution in [0.3, 0.4) is 0 Å². The predicted octanol–water partition coefficient (Wildman–Crippen LogP) is -2.97. The average Bonchev–Trinajstić information content (AvgIpc) is 2.43. The van der Waals surface area contributed by atoms with Crippen LogP contribution in [-0.4, -0.2) is 0 Å². The fraction of sp³-hybridized carbons (Fsp3) is 0.333. The third-order valence-corrected chi connectivity index (χ3v) is 0.909. The Hall–Kier alpha value is 0.800. The van der Waals surface area contributed by atoms with Gasteiger partial charge in [-0.1, -0.05) is 13.3 Å². The minimum absolute atomic E-state index is 0. The molecule has 1 aromatic rings. The zero-order valence-corrected chi connectivity index (χ0v) is 12.4. The van der Waals surface area contributed by atoms with Crippen molar-refractivity contribution in [1.29, 1.82) is 0 Å². The van der Waals surface area contributed by atoms with Gasteiger partial charge in [-0.2, -0.15) is 24.6 Å². The topological polar surface area (TPSA) is 0 Å². The van der Waals surface area contributed by atoms with Gasteiger partial charge < -0.3 is 31.7 Å². The van der Waals surface area contributed by atoms with Crippen molar-refractivity contribution in [2.75, 3.05) is 0 Å². The molecule has 0 saturated heterocycles. The summed E-state index contributed by atoms with van der Waals surface area (Å²) < 4.78 is 0. The second-order valence-electron chi connectivity index (χ2n) is 1.82. The van der Waals surface area contributed by atoms with E-state index in [1.54, 1.807) is 0 Å². The molecule has 68 valence electrons. The van der Waals surface area contributed by atoms with Gasteiger partial charge in [-0.25, -0.2) is 12.1 Å². The fourth-order valence-electron chi connectivity index (χ4n) is 0.321. The Balaban J connectivity index is -0.0000000436. The van der Waals surface area contributed by atoms with Crippen molar-refractivity contribution in [3.05, 3.63) is 37.3 Å². The molecule has 0 saturated carbocycles. The molecule has 0 aliphatic carbocycles. The van der Waals surface area contributed by atoms with Crippen molar-refractivity contribution < 1.29 is 50.7 Å². The molecule has 0 nitrogen and oxygen atoms in total. The molecule has 0 radical (unpaired) electrons. The molecular formula is C9H14Cl2Hf. The van der Waals surface area contributed by atoms with Gasteiger partial charge in [0.2, 0.25) is 0 Å². The van der Waals surface area contributed by atoms with Crippen LogP contribution in [0.1, 0.15) is 19.8 Å². The molecule has 1 rings (SSSR count). The molecule has 0 amide bonds. The van der Waals surface area contributed by atoms with Gasteiger partial charge in [0.05, 0.1) is 0 Å². The van der Waals surface area contributed by atoms with E-state index in [2.05, 4.69) is 13.8 Å². The van der Waals surface area contributed by atoms with Gasteiger partial charge in [-0.05, 0) is 0 Å². The molecule has 0 atom stereocenters. The number of hydrogen-bond donors (Lipinski definition) is 0.